The summed E-state index contributed by atoms with van der Waals surface area (Å²) in [5, 5.41) is 12.2. The van der Waals surface area contributed by atoms with E-state index in [-0.39, 0.29) is 5.56 Å². The van der Waals surface area contributed by atoms with Crippen LogP contribution in [-0.2, 0) is 0 Å². The first-order valence-electron chi connectivity index (χ1n) is 6.90. The van der Waals surface area contributed by atoms with Crippen molar-refractivity contribution in [3.8, 4) is 5.75 Å². The van der Waals surface area contributed by atoms with Gasteiger partial charge in [-0.2, -0.15) is 11.8 Å². The first kappa shape index (κ1) is 16.9. The number of hydrogen-bond acceptors (Lipinski definition) is 4. The van der Waals surface area contributed by atoms with Crippen LogP contribution in [0.4, 0.5) is 0 Å². The van der Waals surface area contributed by atoms with Crippen molar-refractivity contribution in [3.63, 3.8) is 0 Å². The lowest BCUT2D eigenvalue weighted by molar-refractivity contribution is 0.0696. The van der Waals surface area contributed by atoms with E-state index >= 15 is 0 Å². The smallest absolute Gasteiger partial charge is 0.335 e. The van der Waals surface area contributed by atoms with Crippen LogP contribution in [0.5, 0.6) is 5.75 Å². The Kier molecular flexibility index (Phi) is 8.91. The van der Waals surface area contributed by atoms with E-state index in [4.69, 9.17) is 9.84 Å². The molecule has 0 amide bonds. The average molecular weight is 297 g/mol. The molecule has 0 radical (unpaired) electrons. The number of aromatic carboxylic acids is 1. The highest BCUT2D eigenvalue weighted by Crippen LogP contribution is 2.12. The van der Waals surface area contributed by atoms with Gasteiger partial charge in [0, 0.05) is 6.54 Å². The molecule has 0 atom stereocenters. The van der Waals surface area contributed by atoms with Gasteiger partial charge in [0.1, 0.15) is 12.4 Å². The third-order valence-electron chi connectivity index (χ3n) is 2.83. The topological polar surface area (TPSA) is 58.6 Å². The van der Waals surface area contributed by atoms with Gasteiger partial charge in [-0.05, 0) is 49.6 Å². The Hall–Kier alpha value is -1.20. The minimum Gasteiger partial charge on any atom is -0.492 e. The van der Waals surface area contributed by atoms with E-state index in [1.165, 1.54) is 25.0 Å². The molecule has 0 aliphatic heterocycles. The Morgan fingerprint density at radius 3 is 2.90 bits per heavy atom. The quantitative estimate of drug-likeness (QED) is 0.615. The van der Waals surface area contributed by atoms with Crippen LogP contribution in [0.15, 0.2) is 24.3 Å². The molecule has 1 aromatic carbocycles. The number of rotatable bonds is 11. The van der Waals surface area contributed by atoms with E-state index in [0.717, 1.165) is 13.1 Å². The van der Waals surface area contributed by atoms with Gasteiger partial charge in [0.25, 0.3) is 0 Å². The van der Waals surface area contributed by atoms with Crippen LogP contribution >= 0.6 is 11.8 Å². The molecule has 4 nitrogen and oxygen atoms in total. The van der Waals surface area contributed by atoms with Crippen molar-refractivity contribution >= 4 is 17.7 Å². The fourth-order valence-corrected chi connectivity index (χ4v) is 2.25. The molecular weight excluding hydrogens is 274 g/mol. The van der Waals surface area contributed by atoms with Gasteiger partial charge in [0.2, 0.25) is 0 Å². The van der Waals surface area contributed by atoms with Crippen molar-refractivity contribution in [2.75, 3.05) is 31.7 Å². The van der Waals surface area contributed by atoms with Crippen LogP contribution in [0, 0.1) is 0 Å². The molecule has 0 saturated heterocycles. The summed E-state index contributed by atoms with van der Waals surface area (Å²) in [5.41, 5.74) is 0.254. The Balaban J connectivity index is 2.06. The lowest BCUT2D eigenvalue weighted by atomic mass is 10.2. The average Bonchev–Trinajstić information content (AvgIpc) is 2.46. The van der Waals surface area contributed by atoms with E-state index in [9.17, 15) is 4.79 Å². The number of hydrogen-bond donors (Lipinski definition) is 2. The summed E-state index contributed by atoms with van der Waals surface area (Å²) in [6.07, 6.45) is 5.86. The van der Waals surface area contributed by atoms with Gasteiger partial charge in [0.05, 0.1) is 5.56 Å². The van der Waals surface area contributed by atoms with Crippen LogP contribution in [0.1, 0.15) is 29.6 Å². The predicted octanol–water partition coefficient (Wildman–Crippen LogP) is 2.89. The molecular formula is C15H23NO3S. The first-order valence-corrected chi connectivity index (χ1v) is 8.29. The number of nitrogens with one attached hydrogen (secondary N) is 1. The standard InChI is InChI=1S/C15H23NO3S/c1-20-11-4-2-3-8-16-9-10-19-14-7-5-6-13(12-14)15(17)18/h5-7,12,16H,2-4,8-11H2,1H3,(H,17,18). The van der Waals surface area contributed by atoms with Gasteiger partial charge in [0.15, 0.2) is 0 Å². The summed E-state index contributed by atoms with van der Waals surface area (Å²) in [4.78, 5) is 10.8. The molecule has 5 heteroatoms. The van der Waals surface area contributed by atoms with Crippen molar-refractivity contribution in [2.45, 2.75) is 19.3 Å². The Labute approximate surface area is 124 Å². The van der Waals surface area contributed by atoms with Crippen molar-refractivity contribution < 1.29 is 14.6 Å². The maximum Gasteiger partial charge on any atom is 0.335 e. The predicted molar refractivity (Wildman–Crippen MR) is 84.0 cm³/mol. The van der Waals surface area contributed by atoms with Crippen LogP contribution in [0.25, 0.3) is 0 Å². The summed E-state index contributed by atoms with van der Waals surface area (Å²) < 4.78 is 5.51. The van der Waals surface area contributed by atoms with Crippen molar-refractivity contribution in [3.05, 3.63) is 29.8 Å². The van der Waals surface area contributed by atoms with Crippen molar-refractivity contribution in [1.29, 1.82) is 0 Å². The monoisotopic (exact) mass is 297 g/mol. The molecule has 1 aromatic rings. The second kappa shape index (κ2) is 10.6. The Morgan fingerprint density at radius 1 is 1.30 bits per heavy atom. The lowest BCUT2D eigenvalue weighted by Crippen LogP contribution is -2.22. The number of carboxylic acids is 1. The molecule has 0 spiro atoms. The summed E-state index contributed by atoms with van der Waals surface area (Å²) in [5.74, 6) is 0.911. The normalized spacial score (nSPS) is 10.4. The summed E-state index contributed by atoms with van der Waals surface area (Å²) in [6.45, 7) is 2.33. The highest BCUT2D eigenvalue weighted by atomic mass is 32.2. The number of carbonyl (C=O) groups is 1. The van der Waals surface area contributed by atoms with E-state index in [2.05, 4.69) is 11.6 Å². The zero-order valence-electron chi connectivity index (χ0n) is 11.9. The third-order valence-corrected chi connectivity index (χ3v) is 3.53. The molecule has 0 unspecified atom stereocenters. The molecule has 0 heterocycles. The maximum absolute atomic E-state index is 10.8. The maximum atomic E-state index is 10.8. The molecule has 0 aliphatic carbocycles. The molecule has 0 aliphatic rings. The fourth-order valence-electron chi connectivity index (χ4n) is 1.76. The second-order valence-electron chi connectivity index (χ2n) is 4.48. The van der Waals surface area contributed by atoms with Crippen LogP contribution < -0.4 is 10.1 Å². The number of thioether (sulfide) groups is 1. The highest BCUT2D eigenvalue weighted by molar-refractivity contribution is 7.98. The Morgan fingerprint density at radius 2 is 2.15 bits per heavy atom. The van der Waals surface area contributed by atoms with Gasteiger partial charge >= 0.3 is 5.97 Å². The van der Waals surface area contributed by atoms with E-state index in [0.29, 0.717) is 12.4 Å². The van der Waals surface area contributed by atoms with Gasteiger partial charge in [-0.1, -0.05) is 12.5 Å². The molecule has 1 rings (SSSR count). The van der Waals surface area contributed by atoms with Gasteiger partial charge in [-0.25, -0.2) is 4.79 Å². The zero-order chi connectivity index (χ0) is 14.6. The third kappa shape index (κ3) is 7.40. The van der Waals surface area contributed by atoms with Crippen molar-refractivity contribution in [2.24, 2.45) is 0 Å². The number of carboxylic acid groups (broad SMARTS) is 1. The first-order chi connectivity index (χ1) is 9.74. The fraction of sp³-hybridized carbons (Fsp3) is 0.533. The molecule has 20 heavy (non-hydrogen) atoms. The van der Waals surface area contributed by atoms with Gasteiger partial charge in [-0.15, -0.1) is 0 Å². The zero-order valence-corrected chi connectivity index (χ0v) is 12.7. The Bertz CT molecular complexity index is 398. The lowest BCUT2D eigenvalue weighted by Gasteiger charge is -2.08. The van der Waals surface area contributed by atoms with Crippen LogP contribution in [0.3, 0.4) is 0 Å². The summed E-state index contributed by atoms with van der Waals surface area (Å²) in [7, 11) is 0. The second-order valence-corrected chi connectivity index (χ2v) is 5.47. The van der Waals surface area contributed by atoms with Gasteiger partial charge in [-0.3, -0.25) is 0 Å². The highest BCUT2D eigenvalue weighted by Gasteiger charge is 2.03. The van der Waals surface area contributed by atoms with Gasteiger partial charge < -0.3 is 15.2 Å². The minimum absolute atomic E-state index is 0.254. The van der Waals surface area contributed by atoms with E-state index in [1.54, 1.807) is 24.3 Å². The van der Waals surface area contributed by atoms with Crippen LogP contribution in [-0.4, -0.2) is 42.8 Å². The van der Waals surface area contributed by atoms with Crippen LogP contribution in [0.2, 0.25) is 0 Å². The summed E-state index contributed by atoms with van der Waals surface area (Å²) >= 11 is 1.89. The molecule has 0 aromatic heterocycles. The molecule has 0 fully saturated rings. The molecule has 0 saturated carbocycles. The number of benzene rings is 1. The van der Waals surface area contributed by atoms with E-state index in [1.807, 2.05) is 11.8 Å². The molecule has 112 valence electrons. The van der Waals surface area contributed by atoms with E-state index < -0.39 is 5.97 Å². The molecule has 2 N–H and O–H groups in total. The van der Waals surface area contributed by atoms with Crippen molar-refractivity contribution in [1.82, 2.24) is 5.32 Å². The minimum atomic E-state index is -0.932. The number of ether oxygens (including phenoxy) is 1. The SMILES string of the molecule is CSCCCCCNCCOc1cccc(C(=O)O)c1. The number of unbranched alkanes of at least 4 members (excludes halogenated alkanes) is 2. The summed E-state index contributed by atoms with van der Waals surface area (Å²) in [6, 6.07) is 6.57. The molecule has 0 bridgehead atoms. The largest absolute Gasteiger partial charge is 0.492 e.